The Labute approximate surface area is 124 Å². The first-order chi connectivity index (χ1) is 9.86. The molecule has 0 fully saturated rings. The summed E-state index contributed by atoms with van der Waals surface area (Å²) < 4.78 is 5.33. The quantitative estimate of drug-likeness (QED) is 0.898. The molecule has 0 bridgehead atoms. The molecule has 3 rings (SSSR count). The second-order valence-electron chi connectivity index (χ2n) is 5.35. The fourth-order valence-electron chi connectivity index (χ4n) is 2.96. The lowest BCUT2D eigenvalue weighted by atomic mass is 9.87. The zero-order valence-electron chi connectivity index (χ0n) is 11.9. The third-order valence-corrected chi connectivity index (χ3v) is 4.78. The summed E-state index contributed by atoms with van der Waals surface area (Å²) in [5, 5.41) is 8.11. The maximum absolute atomic E-state index is 5.33. The third-order valence-electron chi connectivity index (χ3n) is 4.05. The normalized spacial score (nSPS) is 17.8. The van der Waals surface area contributed by atoms with Crippen LogP contribution in [0.2, 0.25) is 0 Å². The lowest BCUT2D eigenvalue weighted by Gasteiger charge is -2.27. The van der Waals surface area contributed by atoms with Crippen molar-refractivity contribution >= 4 is 11.3 Å². The van der Waals surface area contributed by atoms with E-state index in [0.717, 1.165) is 18.7 Å². The van der Waals surface area contributed by atoms with Crippen molar-refractivity contribution in [2.75, 3.05) is 13.7 Å². The molecule has 20 heavy (non-hydrogen) atoms. The highest BCUT2D eigenvalue weighted by atomic mass is 32.1. The summed E-state index contributed by atoms with van der Waals surface area (Å²) in [6.45, 7) is 1.05. The van der Waals surface area contributed by atoms with Gasteiger partial charge >= 0.3 is 0 Å². The van der Waals surface area contributed by atoms with Crippen molar-refractivity contribution in [2.24, 2.45) is 0 Å². The predicted octanol–water partition coefficient (Wildman–Crippen LogP) is 3.97. The topological polar surface area (TPSA) is 21.3 Å². The van der Waals surface area contributed by atoms with Gasteiger partial charge in [-0.15, -0.1) is 0 Å². The number of hydrogen-bond acceptors (Lipinski definition) is 3. The third kappa shape index (κ3) is 3.05. The maximum Gasteiger partial charge on any atom is 0.119 e. The summed E-state index contributed by atoms with van der Waals surface area (Å²) in [6.07, 6.45) is 4.79. The highest BCUT2D eigenvalue weighted by Gasteiger charge is 2.19. The maximum atomic E-state index is 5.33. The molecule has 1 aromatic carbocycles. The van der Waals surface area contributed by atoms with Crippen LogP contribution in [0.5, 0.6) is 5.75 Å². The number of aryl methyl sites for hydroxylation is 1. The number of ether oxygens (including phenoxy) is 1. The molecular weight excluding hydrogens is 266 g/mol. The van der Waals surface area contributed by atoms with Crippen LogP contribution < -0.4 is 10.1 Å². The molecule has 3 heteroatoms. The molecule has 1 aliphatic carbocycles. The van der Waals surface area contributed by atoms with E-state index in [1.807, 2.05) is 0 Å². The van der Waals surface area contributed by atoms with Gasteiger partial charge < -0.3 is 10.1 Å². The van der Waals surface area contributed by atoms with Gasteiger partial charge in [-0.2, -0.15) is 11.3 Å². The Hall–Kier alpha value is -1.32. The van der Waals surface area contributed by atoms with E-state index in [1.165, 1.54) is 36.0 Å². The smallest absolute Gasteiger partial charge is 0.119 e. The van der Waals surface area contributed by atoms with Crippen LogP contribution >= 0.6 is 11.3 Å². The van der Waals surface area contributed by atoms with E-state index in [-0.39, 0.29) is 0 Å². The Morgan fingerprint density at radius 1 is 1.35 bits per heavy atom. The van der Waals surface area contributed by atoms with Crippen LogP contribution in [-0.4, -0.2) is 13.7 Å². The lowest BCUT2D eigenvalue weighted by molar-refractivity contribution is 0.411. The zero-order valence-corrected chi connectivity index (χ0v) is 12.7. The number of thiophene rings is 1. The fourth-order valence-corrected chi connectivity index (χ4v) is 3.66. The number of methoxy groups -OCH3 is 1. The van der Waals surface area contributed by atoms with Gasteiger partial charge in [0.05, 0.1) is 7.11 Å². The average Bonchev–Trinajstić information content (AvgIpc) is 3.00. The van der Waals surface area contributed by atoms with Gasteiger partial charge in [0, 0.05) is 6.04 Å². The first-order valence-corrected chi connectivity index (χ1v) is 8.22. The van der Waals surface area contributed by atoms with Crippen molar-refractivity contribution in [2.45, 2.75) is 31.7 Å². The Kier molecular flexibility index (Phi) is 4.38. The van der Waals surface area contributed by atoms with Crippen LogP contribution in [0, 0.1) is 0 Å². The molecule has 0 amide bonds. The van der Waals surface area contributed by atoms with Gasteiger partial charge in [-0.05, 0) is 77.9 Å². The van der Waals surface area contributed by atoms with Crippen LogP contribution in [0.15, 0.2) is 35.0 Å². The Bertz CT molecular complexity index is 550. The zero-order chi connectivity index (χ0) is 13.8. The molecule has 1 heterocycles. The van der Waals surface area contributed by atoms with Crippen molar-refractivity contribution < 1.29 is 4.74 Å². The van der Waals surface area contributed by atoms with Crippen molar-refractivity contribution in [1.29, 1.82) is 0 Å². The van der Waals surface area contributed by atoms with E-state index in [4.69, 9.17) is 4.74 Å². The molecule has 0 saturated carbocycles. The Balaban J connectivity index is 1.64. The van der Waals surface area contributed by atoms with Gasteiger partial charge in [-0.3, -0.25) is 0 Å². The molecule has 1 atom stereocenters. The fraction of sp³-hybridized carbons (Fsp3) is 0.412. The van der Waals surface area contributed by atoms with Gasteiger partial charge in [-0.25, -0.2) is 0 Å². The molecular formula is C17H21NOS. The van der Waals surface area contributed by atoms with E-state index in [2.05, 4.69) is 40.3 Å². The number of nitrogens with one attached hydrogen (secondary N) is 1. The first-order valence-electron chi connectivity index (χ1n) is 7.28. The molecule has 0 saturated heterocycles. The predicted molar refractivity (Wildman–Crippen MR) is 84.7 cm³/mol. The number of benzene rings is 1. The highest BCUT2D eigenvalue weighted by molar-refractivity contribution is 7.07. The lowest BCUT2D eigenvalue weighted by Crippen LogP contribution is -2.27. The monoisotopic (exact) mass is 287 g/mol. The Morgan fingerprint density at radius 3 is 3.10 bits per heavy atom. The minimum absolute atomic E-state index is 0.503. The Morgan fingerprint density at radius 2 is 2.30 bits per heavy atom. The summed E-state index contributed by atoms with van der Waals surface area (Å²) in [4.78, 5) is 0. The molecule has 2 nitrogen and oxygen atoms in total. The van der Waals surface area contributed by atoms with Crippen LogP contribution in [0.1, 0.15) is 35.6 Å². The molecule has 1 aliphatic rings. The molecule has 2 aromatic rings. The summed E-state index contributed by atoms with van der Waals surface area (Å²) >= 11 is 1.78. The van der Waals surface area contributed by atoms with E-state index in [9.17, 15) is 0 Å². The van der Waals surface area contributed by atoms with Gasteiger partial charge in [0.1, 0.15) is 5.75 Å². The van der Waals surface area contributed by atoms with Crippen molar-refractivity contribution in [3.63, 3.8) is 0 Å². The standard InChI is InChI=1S/C17H21NOS/c1-19-15-5-6-16-14(11-15)3-2-4-17(16)18-9-7-13-8-10-20-12-13/h5-6,8,10-12,17-18H,2-4,7,9H2,1H3. The van der Waals surface area contributed by atoms with Crippen molar-refractivity contribution in [1.82, 2.24) is 5.32 Å². The minimum atomic E-state index is 0.503. The van der Waals surface area contributed by atoms with E-state index in [0.29, 0.717) is 6.04 Å². The molecule has 1 aromatic heterocycles. The second kappa shape index (κ2) is 6.42. The van der Waals surface area contributed by atoms with Crippen LogP contribution in [0.4, 0.5) is 0 Å². The number of rotatable bonds is 5. The van der Waals surface area contributed by atoms with E-state index >= 15 is 0 Å². The summed E-state index contributed by atoms with van der Waals surface area (Å²) in [5.74, 6) is 0.975. The molecule has 1 N–H and O–H groups in total. The molecule has 0 spiro atoms. The second-order valence-corrected chi connectivity index (χ2v) is 6.13. The number of hydrogen-bond donors (Lipinski definition) is 1. The summed E-state index contributed by atoms with van der Waals surface area (Å²) in [6, 6.07) is 9.23. The summed E-state index contributed by atoms with van der Waals surface area (Å²) in [7, 11) is 1.74. The molecule has 106 valence electrons. The SMILES string of the molecule is COc1ccc2c(c1)CCCC2NCCc1ccsc1. The van der Waals surface area contributed by atoms with Crippen LogP contribution in [-0.2, 0) is 12.8 Å². The highest BCUT2D eigenvalue weighted by Crippen LogP contribution is 2.32. The first kappa shape index (κ1) is 13.7. The molecule has 0 radical (unpaired) electrons. The summed E-state index contributed by atoms with van der Waals surface area (Å²) in [5.41, 5.74) is 4.35. The molecule has 1 unspecified atom stereocenters. The van der Waals surface area contributed by atoms with E-state index < -0.39 is 0 Å². The molecule has 0 aliphatic heterocycles. The number of fused-ring (bicyclic) bond motifs is 1. The van der Waals surface area contributed by atoms with E-state index in [1.54, 1.807) is 18.4 Å². The van der Waals surface area contributed by atoms with Gasteiger partial charge in [-0.1, -0.05) is 6.07 Å². The average molecular weight is 287 g/mol. The largest absolute Gasteiger partial charge is 0.497 e. The van der Waals surface area contributed by atoms with Crippen LogP contribution in [0.3, 0.4) is 0 Å². The van der Waals surface area contributed by atoms with Gasteiger partial charge in [0.15, 0.2) is 0 Å². The van der Waals surface area contributed by atoms with Gasteiger partial charge in [0.2, 0.25) is 0 Å². The van der Waals surface area contributed by atoms with Gasteiger partial charge in [0.25, 0.3) is 0 Å². The van der Waals surface area contributed by atoms with Crippen LogP contribution in [0.25, 0.3) is 0 Å². The minimum Gasteiger partial charge on any atom is -0.497 e. The van der Waals surface area contributed by atoms with Crippen molar-refractivity contribution in [3.05, 3.63) is 51.7 Å². The van der Waals surface area contributed by atoms with Crippen molar-refractivity contribution in [3.8, 4) is 5.75 Å².